The van der Waals surface area contributed by atoms with Crippen LogP contribution in [0.5, 0.6) is 0 Å². The fourth-order valence-corrected chi connectivity index (χ4v) is 5.40. The molecular formula is C20H30N4O3. The average Bonchev–Trinajstić information content (AvgIpc) is 3.36. The number of carbonyl (C=O) groups is 2. The number of rotatable bonds is 5. The molecule has 0 aromatic carbocycles. The second-order valence-electron chi connectivity index (χ2n) is 8.64. The summed E-state index contributed by atoms with van der Waals surface area (Å²) in [6.07, 6.45) is 9.91. The van der Waals surface area contributed by atoms with Crippen molar-refractivity contribution in [1.29, 1.82) is 0 Å². The summed E-state index contributed by atoms with van der Waals surface area (Å²) in [6.45, 7) is 2.42. The number of likely N-dealkylation sites (tertiary alicyclic amines) is 2. The van der Waals surface area contributed by atoms with Crippen LogP contribution >= 0.6 is 0 Å². The third-order valence-corrected chi connectivity index (χ3v) is 7.12. The quantitative estimate of drug-likeness (QED) is 0.823. The number of nitrogens with zero attached hydrogens (tertiary/aromatic N) is 3. The molecule has 1 unspecified atom stereocenters. The molecule has 2 aliphatic heterocycles. The summed E-state index contributed by atoms with van der Waals surface area (Å²) < 4.78 is 0. The average molecular weight is 374 g/mol. The van der Waals surface area contributed by atoms with Crippen LogP contribution in [-0.4, -0.2) is 62.4 Å². The molecule has 148 valence electrons. The lowest BCUT2D eigenvalue weighted by Crippen LogP contribution is -2.55. The summed E-state index contributed by atoms with van der Waals surface area (Å²) in [4.78, 5) is 35.9. The zero-order chi connectivity index (χ0) is 19.0. The first-order chi connectivity index (χ1) is 13.0. The summed E-state index contributed by atoms with van der Waals surface area (Å²) >= 11 is 0. The minimum Gasteiger partial charge on any atom is -0.481 e. The Balaban J connectivity index is 1.35. The van der Waals surface area contributed by atoms with E-state index in [4.69, 9.17) is 0 Å². The SMILES string of the molecule is CN1C(=O)CC(C(=O)O)C12CCN(Cc1cnc(CC3CCCC3)[nH]1)CC2. The highest BCUT2D eigenvalue weighted by Crippen LogP contribution is 2.43. The molecule has 3 heterocycles. The number of carboxylic acids is 1. The van der Waals surface area contributed by atoms with Gasteiger partial charge in [0.1, 0.15) is 5.82 Å². The fraction of sp³-hybridized carbons (Fsp3) is 0.750. The molecule has 7 heteroatoms. The number of aromatic nitrogens is 2. The van der Waals surface area contributed by atoms with Crippen molar-refractivity contribution in [2.75, 3.05) is 20.1 Å². The number of hydrogen-bond donors (Lipinski definition) is 2. The van der Waals surface area contributed by atoms with Crippen molar-refractivity contribution >= 4 is 11.9 Å². The minimum atomic E-state index is -0.841. The van der Waals surface area contributed by atoms with E-state index in [0.717, 1.165) is 56.3 Å². The summed E-state index contributed by atoms with van der Waals surface area (Å²) in [6, 6.07) is 0. The number of carboxylic acid groups (broad SMARTS) is 1. The van der Waals surface area contributed by atoms with Gasteiger partial charge in [-0.3, -0.25) is 14.5 Å². The number of aromatic amines is 1. The Morgan fingerprint density at radius 3 is 2.70 bits per heavy atom. The normalized spacial score (nSPS) is 26.3. The van der Waals surface area contributed by atoms with Crippen molar-refractivity contribution in [3.63, 3.8) is 0 Å². The lowest BCUT2D eigenvalue weighted by molar-refractivity contribution is -0.146. The molecular weight excluding hydrogens is 344 g/mol. The van der Waals surface area contributed by atoms with Crippen LogP contribution in [0.3, 0.4) is 0 Å². The van der Waals surface area contributed by atoms with Crippen molar-refractivity contribution in [3.8, 4) is 0 Å². The molecule has 4 rings (SSSR count). The van der Waals surface area contributed by atoms with E-state index in [0.29, 0.717) is 0 Å². The Bertz CT molecular complexity index is 702. The first-order valence-corrected chi connectivity index (χ1v) is 10.2. The highest BCUT2D eigenvalue weighted by molar-refractivity contribution is 5.88. The Labute approximate surface area is 160 Å². The second-order valence-corrected chi connectivity index (χ2v) is 8.64. The zero-order valence-electron chi connectivity index (χ0n) is 16.1. The van der Waals surface area contributed by atoms with Gasteiger partial charge in [-0.15, -0.1) is 0 Å². The maximum atomic E-state index is 12.1. The van der Waals surface area contributed by atoms with Gasteiger partial charge in [-0.1, -0.05) is 25.7 Å². The molecule has 1 spiro atoms. The smallest absolute Gasteiger partial charge is 0.309 e. The maximum Gasteiger partial charge on any atom is 0.309 e. The Morgan fingerprint density at radius 2 is 2.04 bits per heavy atom. The monoisotopic (exact) mass is 374 g/mol. The van der Waals surface area contributed by atoms with E-state index in [1.807, 2.05) is 6.20 Å². The highest BCUT2D eigenvalue weighted by atomic mass is 16.4. The van der Waals surface area contributed by atoms with Crippen molar-refractivity contribution < 1.29 is 14.7 Å². The van der Waals surface area contributed by atoms with Gasteiger partial charge in [-0.25, -0.2) is 4.98 Å². The van der Waals surface area contributed by atoms with Crippen LogP contribution in [0.25, 0.3) is 0 Å². The number of carbonyl (C=O) groups excluding carboxylic acids is 1. The minimum absolute atomic E-state index is 0.0408. The van der Waals surface area contributed by atoms with E-state index in [1.165, 1.54) is 25.7 Å². The molecule has 1 aromatic rings. The predicted octanol–water partition coefficient (Wildman–Crippen LogP) is 2.04. The molecule has 0 bridgehead atoms. The van der Waals surface area contributed by atoms with E-state index < -0.39 is 17.4 Å². The lowest BCUT2D eigenvalue weighted by atomic mass is 9.77. The highest BCUT2D eigenvalue weighted by Gasteiger charge is 2.55. The molecule has 1 atom stereocenters. The first-order valence-electron chi connectivity index (χ1n) is 10.2. The molecule has 2 N–H and O–H groups in total. The van der Waals surface area contributed by atoms with Crippen LogP contribution in [-0.2, 0) is 22.6 Å². The molecule has 1 aliphatic carbocycles. The number of piperidine rings is 1. The van der Waals surface area contributed by atoms with Gasteiger partial charge in [0, 0.05) is 51.4 Å². The van der Waals surface area contributed by atoms with Crippen molar-refractivity contribution in [2.24, 2.45) is 11.8 Å². The third-order valence-electron chi connectivity index (χ3n) is 7.12. The summed E-state index contributed by atoms with van der Waals surface area (Å²) in [5, 5.41) is 9.58. The van der Waals surface area contributed by atoms with Gasteiger partial charge >= 0.3 is 5.97 Å². The predicted molar refractivity (Wildman–Crippen MR) is 100 cm³/mol. The standard InChI is InChI=1S/C20H30N4O3/c1-23-18(25)11-16(19(26)27)20(23)6-8-24(9-7-20)13-15-12-21-17(22-15)10-14-4-2-3-5-14/h12,14,16H,2-11,13H2,1H3,(H,21,22)(H,26,27). The van der Waals surface area contributed by atoms with E-state index in [2.05, 4.69) is 14.9 Å². The molecule has 1 saturated carbocycles. The fourth-order valence-electron chi connectivity index (χ4n) is 5.40. The summed E-state index contributed by atoms with van der Waals surface area (Å²) in [5.74, 6) is 0.411. The summed E-state index contributed by atoms with van der Waals surface area (Å²) in [7, 11) is 1.77. The number of imidazole rings is 1. The van der Waals surface area contributed by atoms with Gasteiger partial charge < -0.3 is 15.0 Å². The van der Waals surface area contributed by atoms with Crippen LogP contribution in [0, 0.1) is 11.8 Å². The number of hydrogen-bond acceptors (Lipinski definition) is 4. The Hall–Kier alpha value is -1.89. The van der Waals surface area contributed by atoms with Gasteiger partial charge in [-0.2, -0.15) is 0 Å². The third kappa shape index (κ3) is 3.49. The first kappa shape index (κ1) is 18.5. The number of nitrogens with one attached hydrogen (secondary N) is 1. The van der Waals surface area contributed by atoms with Gasteiger partial charge in [0.15, 0.2) is 0 Å². The molecule has 0 radical (unpaired) electrons. The molecule has 3 aliphatic rings. The van der Waals surface area contributed by atoms with E-state index in [1.54, 1.807) is 11.9 Å². The number of aliphatic carboxylic acids is 1. The van der Waals surface area contributed by atoms with Gasteiger partial charge in [0.05, 0.1) is 11.5 Å². The lowest BCUT2D eigenvalue weighted by Gasteiger charge is -2.45. The number of amides is 1. The molecule has 1 aromatic heterocycles. The molecule has 3 fully saturated rings. The van der Waals surface area contributed by atoms with E-state index in [-0.39, 0.29) is 12.3 Å². The van der Waals surface area contributed by atoms with E-state index >= 15 is 0 Å². The molecule has 27 heavy (non-hydrogen) atoms. The van der Waals surface area contributed by atoms with Crippen LogP contribution in [0.15, 0.2) is 6.20 Å². The van der Waals surface area contributed by atoms with Crippen molar-refractivity contribution in [2.45, 2.75) is 63.5 Å². The van der Waals surface area contributed by atoms with Crippen LogP contribution < -0.4 is 0 Å². The van der Waals surface area contributed by atoms with Gasteiger partial charge in [-0.05, 0) is 18.8 Å². The van der Waals surface area contributed by atoms with Crippen LogP contribution in [0.2, 0.25) is 0 Å². The van der Waals surface area contributed by atoms with Crippen LogP contribution in [0.1, 0.15) is 56.5 Å². The second kappa shape index (κ2) is 7.26. The number of H-pyrrole nitrogens is 1. The van der Waals surface area contributed by atoms with Gasteiger partial charge in [0.25, 0.3) is 0 Å². The van der Waals surface area contributed by atoms with Crippen LogP contribution in [0.4, 0.5) is 0 Å². The largest absolute Gasteiger partial charge is 0.481 e. The molecule has 1 amide bonds. The van der Waals surface area contributed by atoms with Crippen molar-refractivity contribution in [1.82, 2.24) is 19.8 Å². The molecule has 7 nitrogen and oxygen atoms in total. The summed E-state index contributed by atoms with van der Waals surface area (Å²) in [5.41, 5.74) is 0.616. The Kier molecular flexibility index (Phi) is 4.97. The van der Waals surface area contributed by atoms with E-state index in [9.17, 15) is 14.7 Å². The molecule has 2 saturated heterocycles. The van der Waals surface area contributed by atoms with Gasteiger partial charge in [0.2, 0.25) is 5.91 Å². The topological polar surface area (TPSA) is 89.5 Å². The maximum absolute atomic E-state index is 12.1. The zero-order valence-corrected chi connectivity index (χ0v) is 16.1. The van der Waals surface area contributed by atoms with Crippen molar-refractivity contribution in [3.05, 3.63) is 17.7 Å². The Morgan fingerprint density at radius 1 is 1.33 bits per heavy atom.